The fraction of sp³-hybridized carbons (Fsp3) is 0.100. The molecule has 3 heteroatoms. The third kappa shape index (κ3) is 1.31. The normalized spacial score (nSPS) is 24.4. The number of rotatable bonds is 1. The fourth-order valence-electron chi connectivity index (χ4n) is 1.33. The van der Waals surface area contributed by atoms with Crippen LogP contribution in [0.1, 0.15) is 0 Å². The highest BCUT2D eigenvalue weighted by atomic mass is 35.5. The van der Waals surface area contributed by atoms with Gasteiger partial charge in [-0.2, -0.15) is 0 Å². The van der Waals surface area contributed by atoms with E-state index in [1.54, 1.807) is 24.4 Å². The van der Waals surface area contributed by atoms with Gasteiger partial charge in [-0.15, -0.1) is 5.73 Å². The first-order valence-corrected chi connectivity index (χ1v) is 4.22. The summed E-state index contributed by atoms with van der Waals surface area (Å²) in [5.41, 5.74) is 4.28. The fourth-order valence-corrected chi connectivity index (χ4v) is 1.56. The van der Waals surface area contributed by atoms with Crippen LogP contribution in [0.4, 0.5) is 0 Å². The Hall–Kier alpha value is -1.37. The first-order chi connectivity index (χ1) is 6.33. The molecule has 0 fully saturated rings. The number of hydrogen-bond acceptors (Lipinski definition) is 2. The van der Waals surface area contributed by atoms with Crippen LogP contribution in [0.5, 0.6) is 0 Å². The summed E-state index contributed by atoms with van der Waals surface area (Å²) in [7, 11) is 0. The number of hydrogen-bond donors (Lipinski definition) is 0. The maximum atomic E-state index is 10.7. The van der Waals surface area contributed by atoms with Crippen molar-refractivity contribution in [1.82, 2.24) is 0 Å². The van der Waals surface area contributed by atoms with Crippen LogP contribution in [0.15, 0.2) is 45.3 Å². The van der Waals surface area contributed by atoms with Gasteiger partial charge in [0.1, 0.15) is 6.29 Å². The summed E-state index contributed by atoms with van der Waals surface area (Å²) < 4.78 is 0. The number of nitrogens with zero attached hydrogens (tertiary/aromatic N) is 1. The summed E-state index contributed by atoms with van der Waals surface area (Å²) in [6.45, 7) is 0. The molecule has 2 nitrogen and oxygen atoms in total. The van der Waals surface area contributed by atoms with Crippen molar-refractivity contribution in [1.29, 1.82) is 0 Å². The number of aliphatic imine (C=N–C) groups is 1. The second kappa shape index (κ2) is 3.17. The van der Waals surface area contributed by atoms with Gasteiger partial charge < -0.3 is 0 Å². The molecular formula is C10H6ClNO. The number of fused-ring (bicyclic) bond motifs is 1. The van der Waals surface area contributed by atoms with E-state index in [4.69, 9.17) is 11.6 Å². The number of dihydropyridines is 1. The molecular weight excluding hydrogens is 186 g/mol. The Kier molecular flexibility index (Phi) is 2.01. The highest BCUT2D eigenvalue weighted by Gasteiger charge is 2.21. The molecule has 1 unspecified atom stereocenters. The molecule has 1 heterocycles. The second-order valence-electron chi connectivity index (χ2n) is 2.75. The van der Waals surface area contributed by atoms with E-state index in [1.165, 1.54) is 0 Å². The van der Waals surface area contributed by atoms with Gasteiger partial charge in [-0.3, -0.25) is 9.79 Å². The van der Waals surface area contributed by atoms with Crippen molar-refractivity contribution in [3.8, 4) is 0 Å². The zero-order valence-corrected chi connectivity index (χ0v) is 7.45. The Balaban J connectivity index is 2.54. The van der Waals surface area contributed by atoms with E-state index in [2.05, 4.69) is 10.7 Å². The first kappa shape index (κ1) is 8.24. The van der Waals surface area contributed by atoms with Crippen LogP contribution in [0, 0.1) is 5.92 Å². The van der Waals surface area contributed by atoms with Gasteiger partial charge in [0.15, 0.2) is 0 Å². The second-order valence-corrected chi connectivity index (χ2v) is 3.16. The molecule has 13 heavy (non-hydrogen) atoms. The van der Waals surface area contributed by atoms with Crippen molar-refractivity contribution in [2.75, 3.05) is 0 Å². The van der Waals surface area contributed by atoms with E-state index in [0.717, 1.165) is 12.0 Å². The minimum Gasteiger partial charge on any atom is -0.298 e. The molecule has 0 amide bonds. The smallest absolute Gasteiger partial charge is 0.147 e. The average Bonchev–Trinajstić information content (AvgIpc) is 2.18. The highest BCUT2D eigenvalue weighted by molar-refractivity contribution is 6.31. The van der Waals surface area contributed by atoms with Crippen molar-refractivity contribution < 1.29 is 4.79 Å². The van der Waals surface area contributed by atoms with Gasteiger partial charge in [0.05, 0.1) is 16.6 Å². The van der Waals surface area contributed by atoms with Crippen LogP contribution in [0.3, 0.4) is 0 Å². The molecule has 1 atom stereocenters. The number of carbonyl (C=O) groups is 1. The van der Waals surface area contributed by atoms with Gasteiger partial charge in [-0.1, -0.05) is 11.6 Å². The van der Waals surface area contributed by atoms with Crippen molar-refractivity contribution in [3.05, 3.63) is 40.3 Å². The van der Waals surface area contributed by atoms with Crippen LogP contribution in [0.2, 0.25) is 0 Å². The third-order valence-electron chi connectivity index (χ3n) is 1.99. The van der Waals surface area contributed by atoms with Gasteiger partial charge in [-0.25, -0.2) is 0 Å². The van der Waals surface area contributed by atoms with E-state index in [1.807, 2.05) is 0 Å². The molecule has 0 bridgehead atoms. The van der Waals surface area contributed by atoms with Gasteiger partial charge in [-0.05, 0) is 12.2 Å². The van der Waals surface area contributed by atoms with E-state index < -0.39 is 0 Å². The van der Waals surface area contributed by atoms with Crippen LogP contribution in [-0.2, 0) is 4.79 Å². The summed E-state index contributed by atoms with van der Waals surface area (Å²) in [6, 6.07) is 0. The molecule has 0 aromatic carbocycles. The van der Waals surface area contributed by atoms with Crippen molar-refractivity contribution in [2.45, 2.75) is 0 Å². The van der Waals surface area contributed by atoms with Gasteiger partial charge >= 0.3 is 0 Å². The Morgan fingerprint density at radius 3 is 3.23 bits per heavy atom. The van der Waals surface area contributed by atoms with Crippen molar-refractivity contribution >= 4 is 24.1 Å². The molecule has 0 N–H and O–H groups in total. The van der Waals surface area contributed by atoms with Gasteiger partial charge in [0.25, 0.3) is 0 Å². The first-order valence-electron chi connectivity index (χ1n) is 3.84. The largest absolute Gasteiger partial charge is 0.298 e. The van der Waals surface area contributed by atoms with Crippen LogP contribution in [0.25, 0.3) is 0 Å². The minimum atomic E-state index is -0.111. The van der Waals surface area contributed by atoms with E-state index >= 15 is 0 Å². The van der Waals surface area contributed by atoms with E-state index in [-0.39, 0.29) is 5.92 Å². The maximum Gasteiger partial charge on any atom is 0.147 e. The van der Waals surface area contributed by atoms with Crippen molar-refractivity contribution in [3.63, 3.8) is 0 Å². The Labute approximate surface area is 80.6 Å². The van der Waals surface area contributed by atoms with Crippen LogP contribution < -0.4 is 0 Å². The Morgan fingerprint density at radius 2 is 2.46 bits per heavy atom. The van der Waals surface area contributed by atoms with E-state index in [0.29, 0.717) is 10.6 Å². The zero-order chi connectivity index (χ0) is 9.26. The van der Waals surface area contributed by atoms with Crippen LogP contribution >= 0.6 is 11.6 Å². The maximum absolute atomic E-state index is 10.7. The lowest BCUT2D eigenvalue weighted by Gasteiger charge is -2.18. The number of allylic oxidation sites excluding steroid dienone is 3. The molecule has 0 aromatic heterocycles. The molecule has 0 spiro atoms. The Morgan fingerprint density at radius 1 is 1.62 bits per heavy atom. The number of carbonyl (C=O) groups excluding carboxylic acids is 1. The lowest BCUT2D eigenvalue weighted by Crippen LogP contribution is -2.11. The van der Waals surface area contributed by atoms with Crippen LogP contribution in [-0.4, -0.2) is 12.5 Å². The molecule has 1 aliphatic carbocycles. The molecule has 64 valence electrons. The standard InChI is InChI=1S/C10H6ClNO/c11-9-3-1-2-8-7(6-13)4-5-12-10(8)9/h2-6,8H. The molecule has 2 aliphatic rings. The SMILES string of the molecule is O=CC1=CC=NC2=C(Cl)C=C=CC12. The molecule has 2 rings (SSSR count). The van der Waals surface area contributed by atoms with E-state index in [9.17, 15) is 4.79 Å². The lowest BCUT2D eigenvalue weighted by atomic mass is 9.92. The summed E-state index contributed by atoms with van der Waals surface area (Å²) in [5.74, 6) is -0.111. The quantitative estimate of drug-likeness (QED) is 0.460. The molecule has 0 radical (unpaired) electrons. The monoisotopic (exact) mass is 191 g/mol. The summed E-state index contributed by atoms with van der Waals surface area (Å²) in [5, 5.41) is 0.552. The minimum absolute atomic E-state index is 0.111. The zero-order valence-electron chi connectivity index (χ0n) is 6.70. The molecule has 0 aromatic rings. The number of aldehydes is 1. The summed E-state index contributed by atoms with van der Waals surface area (Å²) >= 11 is 5.90. The highest BCUT2D eigenvalue weighted by Crippen LogP contribution is 2.31. The number of halogens is 1. The van der Waals surface area contributed by atoms with Gasteiger partial charge in [0.2, 0.25) is 0 Å². The Bertz CT molecular complexity index is 409. The third-order valence-corrected chi connectivity index (χ3v) is 2.29. The lowest BCUT2D eigenvalue weighted by molar-refractivity contribution is -0.105. The molecule has 0 saturated heterocycles. The molecule has 1 aliphatic heterocycles. The predicted octanol–water partition coefficient (Wildman–Crippen LogP) is 1.99. The summed E-state index contributed by atoms with van der Waals surface area (Å²) in [6.07, 6.45) is 7.54. The predicted molar refractivity (Wildman–Crippen MR) is 51.7 cm³/mol. The van der Waals surface area contributed by atoms with Crippen molar-refractivity contribution in [2.24, 2.45) is 10.9 Å². The summed E-state index contributed by atoms with van der Waals surface area (Å²) in [4.78, 5) is 14.8. The molecule has 0 saturated carbocycles. The van der Waals surface area contributed by atoms with Gasteiger partial charge in [0, 0.05) is 17.9 Å². The average molecular weight is 192 g/mol. The topological polar surface area (TPSA) is 29.4 Å².